The van der Waals surface area contributed by atoms with Crippen LogP contribution < -0.4 is 9.62 Å². The molecule has 0 bridgehead atoms. The summed E-state index contributed by atoms with van der Waals surface area (Å²) in [4.78, 5) is 29.1. The number of amides is 2. The quantitative estimate of drug-likeness (QED) is 0.339. The van der Waals surface area contributed by atoms with Gasteiger partial charge in [-0.15, -0.1) is 0 Å². The van der Waals surface area contributed by atoms with Gasteiger partial charge in [-0.25, -0.2) is 8.70 Å². The zero-order valence-electron chi connectivity index (χ0n) is 23.4. The fraction of sp³-hybridized carbons (Fsp3) is 0.333. The Kier molecular flexibility index (Phi) is 10.8. The first kappa shape index (κ1) is 30.8. The molecule has 0 aliphatic carbocycles. The lowest BCUT2D eigenvalue weighted by molar-refractivity contribution is -0.140. The molecule has 3 aromatic carbocycles. The summed E-state index contributed by atoms with van der Waals surface area (Å²) in [7, 11) is -1.42. The van der Waals surface area contributed by atoms with Crippen molar-refractivity contribution >= 4 is 27.7 Å². The van der Waals surface area contributed by atoms with E-state index in [0.29, 0.717) is 6.54 Å². The molecule has 1 N–H and O–H groups in total. The van der Waals surface area contributed by atoms with Crippen LogP contribution in [0.15, 0.2) is 78.9 Å². The van der Waals surface area contributed by atoms with Crippen LogP contribution in [0.25, 0.3) is 0 Å². The third-order valence-corrected chi connectivity index (χ3v) is 8.38. The highest BCUT2D eigenvalue weighted by atomic mass is 32.2. The summed E-state index contributed by atoms with van der Waals surface area (Å²) in [6.07, 6.45) is 0.958. The summed E-state index contributed by atoms with van der Waals surface area (Å²) in [5.41, 5.74) is 2.76. The molecule has 0 unspecified atom stereocenters. The van der Waals surface area contributed by atoms with E-state index in [1.807, 2.05) is 68.4 Å². The maximum absolute atomic E-state index is 14.1. The molecule has 8 nitrogen and oxygen atoms in total. The van der Waals surface area contributed by atoms with Gasteiger partial charge in [0.15, 0.2) is 0 Å². The van der Waals surface area contributed by atoms with Gasteiger partial charge in [-0.1, -0.05) is 61.5 Å². The first-order chi connectivity index (χ1) is 19.0. The number of benzene rings is 3. The molecular formula is C30H37FN4O4S. The molecule has 0 aliphatic heterocycles. The molecule has 0 fully saturated rings. The van der Waals surface area contributed by atoms with Crippen LogP contribution in [-0.4, -0.2) is 62.7 Å². The third kappa shape index (κ3) is 7.89. The van der Waals surface area contributed by atoms with Gasteiger partial charge in [0.1, 0.15) is 18.4 Å². The van der Waals surface area contributed by atoms with Crippen LogP contribution in [0, 0.1) is 12.7 Å². The van der Waals surface area contributed by atoms with Gasteiger partial charge in [-0.3, -0.25) is 9.59 Å². The van der Waals surface area contributed by atoms with Gasteiger partial charge >= 0.3 is 10.2 Å². The number of nitrogens with zero attached hydrogens (tertiary/aromatic N) is 3. The number of halogens is 1. The SMILES string of the molecule is CCCNC(=O)[C@@H](Cc1ccccc1)N(Cc1ccccc1C)C(=O)CN(c1ccc(F)cc1)S(=O)(=O)N(C)C. The van der Waals surface area contributed by atoms with Gasteiger partial charge in [-0.2, -0.15) is 12.7 Å². The number of rotatable bonds is 13. The summed E-state index contributed by atoms with van der Waals surface area (Å²) >= 11 is 0. The Morgan fingerprint density at radius 1 is 0.925 bits per heavy atom. The molecule has 40 heavy (non-hydrogen) atoms. The first-order valence-electron chi connectivity index (χ1n) is 13.2. The minimum atomic E-state index is -4.14. The van der Waals surface area contributed by atoms with Crippen LogP contribution >= 0.6 is 0 Å². The lowest BCUT2D eigenvalue weighted by Crippen LogP contribution is -2.54. The van der Waals surface area contributed by atoms with Gasteiger partial charge in [0.2, 0.25) is 11.8 Å². The number of carbonyl (C=O) groups excluding carboxylic acids is 2. The number of anilines is 1. The van der Waals surface area contributed by atoms with E-state index in [4.69, 9.17) is 0 Å². The van der Waals surface area contributed by atoms with Crippen LogP contribution in [0.4, 0.5) is 10.1 Å². The fourth-order valence-corrected chi connectivity index (χ4v) is 5.27. The Labute approximate surface area is 236 Å². The van der Waals surface area contributed by atoms with E-state index in [1.165, 1.54) is 31.1 Å². The molecule has 3 aromatic rings. The molecule has 0 saturated heterocycles. The van der Waals surface area contributed by atoms with Crippen molar-refractivity contribution in [3.63, 3.8) is 0 Å². The second-order valence-electron chi connectivity index (χ2n) is 9.72. The van der Waals surface area contributed by atoms with Gasteiger partial charge in [0.25, 0.3) is 0 Å². The van der Waals surface area contributed by atoms with Crippen molar-refractivity contribution in [2.75, 3.05) is 31.5 Å². The molecule has 0 spiro atoms. The maximum Gasteiger partial charge on any atom is 0.304 e. The maximum atomic E-state index is 14.1. The van der Waals surface area contributed by atoms with Crippen LogP contribution in [0.3, 0.4) is 0 Å². The van der Waals surface area contributed by atoms with E-state index < -0.39 is 34.5 Å². The zero-order chi connectivity index (χ0) is 29.3. The Morgan fingerprint density at radius 2 is 1.55 bits per heavy atom. The van der Waals surface area contributed by atoms with Crippen LogP contribution in [0.1, 0.15) is 30.0 Å². The van der Waals surface area contributed by atoms with Crippen molar-refractivity contribution in [2.45, 2.75) is 39.3 Å². The highest BCUT2D eigenvalue weighted by molar-refractivity contribution is 7.90. The number of carbonyl (C=O) groups is 2. The van der Waals surface area contributed by atoms with E-state index >= 15 is 0 Å². The smallest absolute Gasteiger partial charge is 0.304 e. The number of hydrogen-bond donors (Lipinski definition) is 1. The van der Waals surface area contributed by atoms with Crippen LogP contribution in [-0.2, 0) is 32.8 Å². The Morgan fingerprint density at radius 3 is 2.15 bits per heavy atom. The largest absolute Gasteiger partial charge is 0.354 e. The molecule has 0 heterocycles. The van der Waals surface area contributed by atoms with Crippen molar-refractivity contribution in [1.29, 1.82) is 0 Å². The normalized spacial score (nSPS) is 12.2. The van der Waals surface area contributed by atoms with Crippen molar-refractivity contribution in [1.82, 2.24) is 14.5 Å². The third-order valence-electron chi connectivity index (χ3n) is 6.56. The topological polar surface area (TPSA) is 90.0 Å². The van der Waals surface area contributed by atoms with E-state index in [0.717, 1.165) is 43.9 Å². The molecular weight excluding hydrogens is 531 g/mol. The summed E-state index contributed by atoms with van der Waals surface area (Å²) < 4.78 is 42.3. The summed E-state index contributed by atoms with van der Waals surface area (Å²) in [6.45, 7) is 3.82. The van der Waals surface area contributed by atoms with Crippen molar-refractivity contribution in [3.05, 3.63) is 101 Å². The predicted molar refractivity (Wildman–Crippen MR) is 155 cm³/mol. The molecule has 2 amide bonds. The number of hydrogen-bond acceptors (Lipinski definition) is 4. The molecule has 0 aliphatic rings. The van der Waals surface area contributed by atoms with Gasteiger partial charge in [0.05, 0.1) is 5.69 Å². The summed E-state index contributed by atoms with van der Waals surface area (Å²) in [6, 6.07) is 20.9. The van der Waals surface area contributed by atoms with Crippen molar-refractivity contribution in [2.24, 2.45) is 0 Å². The average Bonchev–Trinajstić information content (AvgIpc) is 2.94. The second kappa shape index (κ2) is 14.0. The number of nitrogens with one attached hydrogen (secondary N) is 1. The Bertz CT molecular complexity index is 1380. The highest BCUT2D eigenvalue weighted by Gasteiger charge is 2.34. The van der Waals surface area contributed by atoms with E-state index in [-0.39, 0.29) is 24.6 Å². The zero-order valence-corrected chi connectivity index (χ0v) is 24.2. The van der Waals surface area contributed by atoms with Crippen LogP contribution in [0.2, 0.25) is 0 Å². The molecule has 214 valence electrons. The number of aryl methyl sites for hydroxylation is 1. The minimum Gasteiger partial charge on any atom is -0.354 e. The Hall–Kier alpha value is -3.76. The van der Waals surface area contributed by atoms with Crippen LogP contribution in [0.5, 0.6) is 0 Å². The first-order valence-corrected chi connectivity index (χ1v) is 14.6. The van der Waals surface area contributed by atoms with Crippen molar-refractivity contribution in [3.8, 4) is 0 Å². The van der Waals surface area contributed by atoms with Gasteiger partial charge in [0, 0.05) is 33.6 Å². The summed E-state index contributed by atoms with van der Waals surface area (Å²) in [5.74, 6) is -1.42. The summed E-state index contributed by atoms with van der Waals surface area (Å²) in [5, 5.41) is 2.91. The molecule has 0 saturated carbocycles. The van der Waals surface area contributed by atoms with E-state index in [2.05, 4.69) is 5.32 Å². The van der Waals surface area contributed by atoms with Crippen molar-refractivity contribution < 1.29 is 22.4 Å². The fourth-order valence-electron chi connectivity index (χ4n) is 4.22. The predicted octanol–water partition coefficient (Wildman–Crippen LogP) is 3.91. The minimum absolute atomic E-state index is 0.0990. The van der Waals surface area contributed by atoms with Gasteiger partial charge in [-0.05, 0) is 54.3 Å². The molecule has 1 atom stereocenters. The lowest BCUT2D eigenvalue weighted by atomic mass is 10.0. The van der Waals surface area contributed by atoms with E-state index in [9.17, 15) is 22.4 Å². The standard InChI is InChI=1S/C30H37FN4O4S/c1-5-19-32-30(37)28(20-24-12-7-6-8-13-24)34(21-25-14-10-9-11-23(25)2)29(36)22-35(40(38,39)33(3)4)27-17-15-26(31)16-18-27/h6-18,28H,5,19-22H2,1-4H3,(H,32,37)/t28-/m1/s1. The average molecular weight is 569 g/mol. The molecule has 10 heteroatoms. The molecule has 0 radical (unpaired) electrons. The Balaban J connectivity index is 2.08. The molecule has 3 rings (SSSR count). The molecule has 0 aromatic heterocycles. The second-order valence-corrected chi connectivity index (χ2v) is 11.8. The van der Waals surface area contributed by atoms with E-state index in [1.54, 1.807) is 0 Å². The highest BCUT2D eigenvalue weighted by Crippen LogP contribution is 2.23. The monoisotopic (exact) mass is 568 g/mol. The van der Waals surface area contributed by atoms with Gasteiger partial charge < -0.3 is 10.2 Å². The lowest BCUT2D eigenvalue weighted by Gasteiger charge is -2.34.